The van der Waals surface area contributed by atoms with Crippen molar-refractivity contribution >= 4 is 17.1 Å². The van der Waals surface area contributed by atoms with E-state index in [1.165, 1.54) is 16.2 Å². The summed E-state index contributed by atoms with van der Waals surface area (Å²) in [6, 6.07) is -0.233. The van der Waals surface area contributed by atoms with Crippen molar-refractivity contribution in [1.82, 2.24) is 9.88 Å². The first-order valence-corrected chi connectivity index (χ1v) is 7.59. The van der Waals surface area contributed by atoms with Gasteiger partial charge >= 0.3 is 0 Å². The first-order valence-electron chi connectivity index (χ1n) is 6.77. The van der Waals surface area contributed by atoms with Crippen LogP contribution in [-0.2, 0) is 13.0 Å². The van der Waals surface area contributed by atoms with Crippen molar-refractivity contribution in [2.45, 2.75) is 43.8 Å². The van der Waals surface area contributed by atoms with Gasteiger partial charge in [0, 0.05) is 30.4 Å². The molecule has 5 nitrogen and oxygen atoms in total. The number of hydrogen-bond donors (Lipinski definition) is 2. The molecule has 0 amide bonds. The molecule has 1 fully saturated rings. The topological polar surface area (TPSA) is 85.2 Å². The molecule has 2 atom stereocenters. The Morgan fingerprint density at radius 3 is 3.05 bits per heavy atom. The summed E-state index contributed by atoms with van der Waals surface area (Å²) < 4.78 is 0. The zero-order valence-corrected chi connectivity index (χ0v) is 12.0. The van der Waals surface area contributed by atoms with Crippen LogP contribution in [0.3, 0.4) is 0 Å². The first kappa shape index (κ1) is 13.2. The zero-order chi connectivity index (χ0) is 13.6. The number of thiazole rings is 1. The Hall–Kier alpha value is -0.820. The van der Waals surface area contributed by atoms with E-state index >= 15 is 0 Å². The summed E-state index contributed by atoms with van der Waals surface area (Å²) in [5.74, 6) is -0.0560. The van der Waals surface area contributed by atoms with Gasteiger partial charge in [0.2, 0.25) is 5.78 Å². The predicted molar refractivity (Wildman–Crippen MR) is 75.2 cm³/mol. The van der Waals surface area contributed by atoms with Gasteiger partial charge in [-0.15, -0.1) is 11.3 Å². The van der Waals surface area contributed by atoms with E-state index in [-0.39, 0.29) is 11.8 Å². The number of ketones is 1. The van der Waals surface area contributed by atoms with Crippen molar-refractivity contribution in [2.75, 3.05) is 13.6 Å². The van der Waals surface area contributed by atoms with E-state index in [0.717, 1.165) is 38.0 Å². The van der Waals surface area contributed by atoms with E-state index in [9.17, 15) is 4.79 Å². The number of Topliss-reactive ketones (excluding diaryl/α,β-unsaturated/α-hetero) is 1. The molecule has 2 unspecified atom stereocenters. The van der Waals surface area contributed by atoms with Gasteiger partial charge in [0.05, 0.1) is 11.2 Å². The molecule has 2 heterocycles. The lowest BCUT2D eigenvalue weighted by molar-refractivity contribution is 0.0879. The van der Waals surface area contributed by atoms with Crippen LogP contribution in [-0.4, -0.2) is 40.8 Å². The van der Waals surface area contributed by atoms with Crippen LogP contribution in [0, 0.1) is 0 Å². The lowest BCUT2D eigenvalue weighted by Crippen LogP contribution is -2.57. The van der Waals surface area contributed by atoms with Crippen molar-refractivity contribution in [3.05, 3.63) is 15.6 Å². The Kier molecular flexibility index (Phi) is 3.21. The summed E-state index contributed by atoms with van der Waals surface area (Å²) in [6.07, 6.45) is 3.35. The Morgan fingerprint density at radius 2 is 2.37 bits per heavy atom. The van der Waals surface area contributed by atoms with Crippen LogP contribution in [0.5, 0.6) is 0 Å². The van der Waals surface area contributed by atoms with Crippen LogP contribution in [0.25, 0.3) is 0 Å². The number of aromatic nitrogens is 1. The summed E-state index contributed by atoms with van der Waals surface area (Å²) in [6.45, 7) is 1.88. The second-order valence-corrected chi connectivity index (χ2v) is 6.83. The van der Waals surface area contributed by atoms with Gasteiger partial charge in [0.25, 0.3) is 0 Å². The molecular weight excluding hydrogens is 260 g/mol. The minimum absolute atomic E-state index is 0.0560. The summed E-state index contributed by atoms with van der Waals surface area (Å²) in [7, 11) is 2.08. The fourth-order valence-corrected chi connectivity index (χ4v) is 4.18. The molecule has 1 aromatic rings. The van der Waals surface area contributed by atoms with Crippen molar-refractivity contribution in [3.63, 3.8) is 0 Å². The van der Waals surface area contributed by atoms with E-state index in [2.05, 4.69) is 16.9 Å². The summed E-state index contributed by atoms with van der Waals surface area (Å²) in [5, 5.41) is 0.556. The molecule has 1 aliphatic heterocycles. The molecular formula is C13H20N4OS. The highest BCUT2D eigenvalue weighted by Crippen LogP contribution is 2.33. The molecule has 104 valence electrons. The van der Waals surface area contributed by atoms with Crippen LogP contribution in [0.4, 0.5) is 0 Å². The third-order valence-corrected chi connectivity index (χ3v) is 5.39. The number of hydrogen-bond acceptors (Lipinski definition) is 6. The minimum Gasteiger partial charge on any atom is -0.326 e. The number of carbonyl (C=O) groups excluding carboxylic acids is 1. The van der Waals surface area contributed by atoms with Crippen molar-refractivity contribution in [1.29, 1.82) is 0 Å². The average Bonchev–Trinajstić information content (AvgIpc) is 2.93. The average molecular weight is 280 g/mol. The summed E-state index contributed by atoms with van der Waals surface area (Å²) in [5.41, 5.74) is 12.4. The standard InChI is InChI=1S/C13H20N4OS/c1-17-6-4-8-9(7-17)19-12(16-8)11(18)13(15)5-2-3-10(13)14/h10H,2-7,14-15H2,1H3. The molecule has 0 saturated heterocycles. The fraction of sp³-hybridized carbons (Fsp3) is 0.692. The highest BCUT2D eigenvalue weighted by atomic mass is 32.1. The fourth-order valence-electron chi connectivity index (χ4n) is 2.96. The molecule has 1 saturated carbocycles. The lowest BCUT2D eigenvalue weighted by atomic mass is 9.90. The van der Waals surface area contributed by atoms with Gasteiger partial charge in [0.1, 0.15) is 0 Å². The molecule has 0 aromatic carbocycles. The third-order valence-electron chi connectivity index (χ3n) is 4.31. The maximum absolute atomic E-state index is 12.6. The van der Waals surface area contributed by atoms with Gasteiger partial charge < -0.3 is 16.4 Å². The van der Waals surface area contributed by atoms with Crippen molar-refractivity contribution in [2.24, 2.45) is 11.5 Å². The Balaban J connectivity index is 1.89. The van der Waals surface area contributed by atoms with Crippen molar-refractivity contribution < 1.29 is 4.79 Å². The van der Waals surface area contributed by atoms with Gasteiger partial charge in [-0.25, -0.2) is 4.98 Å². The molecule has 0 bridgehead atoms. The number of carbonyl (C=O) groups is 1. The van der Waals surface area contributed by atoms with Crippen LogP contribution in [0.2, 0.25) is 0 Å². The monoisotopic (exact) mass is 280 g/mol. The number of rotatable bonds is 2. The van der Waals surface area contributed by atoms with E-state index in [1.54, 1.807) is 0 Å². The molecule has 4 N–H and O–H groups in total. The number of likely N-dealkylation sites (N-methyl/N-ethyl adjacent to an activating group) is 1. The molecule has 3 rings (SSSR count). The highest BCUT2D eigenvalue weighted by molar-refractivity contribution is 7.13. The van der Waals surface area contributed by atoms with E-state index in [4.69, 9.17) is 11.5 Å². The molecule has 0 radical (unpaired) electrons. The van der Waals surface area contributed by atoms with E-state index < -0.39 is 5.54 Å². The largest absolute Gasteiger partial charge is 0.326 e. The van der Waals surface area contributed by atoms with Crippen molar-refractivity contribution in [3.8, 4) is 0 Å². The van der Waals surface area contributed by atoms with Crippen LogP contribution in [0.15, 0.2) is 0 Å². The molecule has 19 heavy (non-hydrogen) atoms. The molecule has 1 aromatic heterocycles. The Bertz CT molecular complexity index is 515. The Morgan fingerprint density at radius 1 is 1.58 bits per heavy atom. The zero-order valence-electron chi connectivity index (χ0n) is 11.2. The van der Waals surface area contributed by atoms with Gasteiger partial charge in [0.15, 0.2) is 5.01 Å². The van der Waals surface area contributed by atoms with Crippen LogP contribution >= 0.6 is 11.3 Å². The molecule has 6 heteroatoms. The van der Waals surface area contributed by atoms with E-state index in [1.807, 2.05) is 0 Å². The summed E-state index contributed by atoms with van der Waals surface area (Å²) >= 11 is 1.50. The molecule has 1 aliphatic carbocycles. The SMILES string of the molecule is CN1CCc2nc(C(=O)C3(N)CCCC3N)sc2C1. The second kappa shape index (κ2) is 4.63. The number of fused-ring (bicyclic) bond motifs is 1. The predicted octanol–water partition coefficient (Wildman–Crippen LogP) is 0.522. The van der Waals surface area contributed by atoms with E-state index in [0.29, 0.717) is 11.4 Å². The van der Waals surface area contributed by atoms with Crippen LogP contribution in [0.1, 0.15) is 39.6 Å². The normalized spacial score (nSPS) is 31.4. The maximum Gasteiger partial charge on any atom is 0.212 e. The number of nitrogens with zero attached hydrogens (tertiary/aromatic N) is 2. The minimum atomic E-state index is -0.896. The van der Waals surface area contributed by atoms with Gasteiger partial charge in [-0.3, -0.25) is 4.79 Å². The summed E-state index contributed by atoms with van der Waals surface area (Å²) in [4.78, 5) is 20.6. The quantitative estimate of drug-likeness (QED) is 0.772. The molecule has 0 spiro atoms. The smallest absolute Gasteiger partial charge is 0.212 e. The van der Waals surface area contributed by atoms with Gasteiger partial charge in [-0.2, -0.15) is 0 Å². The third kappa shape index (κ3) is 2.12. The second-order valence-electron chi connectivity index (χ2n) is 5.74. The maximum atomic E-state index is 12.6. The highest BCUT2D eigenvalue weighted by Gasteiger charge is 2.45. The molecule has 2 aliphatic rings. The Labute approximate surface area is 117 Å². The number of nitrogens with two attached hydrogens (primary N) is 2. The van der Waals surface area contributed by atoms with Crippen LogP contribution < -0.4 is 11.5 Å². The lowest BCUT2D eigenvalue weighted by Gasteiger charge is -2.25. The first-order chi connectivity index (χ1) is 9.00. The van der Waals surface area contributed by atoms with Gasteiger partial charge in [-0.1, -0.05) is 0 Å². The van der Waals surface area contributed by atoms with Gasteiger partial charge in [-0.05, 0) is 26.3 Å².